The highest BCUT2D eigenvalue weighted by atomic mass is 32.2. The predicted molar refractivity (Wildman–Crippen MR) is 120 cm³/mol. The highest BCUT2D eigenvalue weighted by Crippen LogP contribution is 2.36. The molecule has 2 aliphatic heterocycles. The summed E-state index contributed by atoms with van der Waals surface area (Å²) in [5, 5.41) is 2.92. The third-order valence-electron chi connectivity index (χ3n) is 5.86. The first kappa shape index (κ1) is 21.4. The number of hydrogen-bond acceptors (Lipinski definition) is 5. The van der Waals surface area contributed by atoms with E-state index >= 15 is 0 Å². The molecular weight excluding hydrogens is 414 g/mol. The maximum atomic E-state index is 12.9. The topological polar surface area (TPSA) is 92.0 Å². The third-order valence-corrected chi connectivity index (χ3v) is 7.27. The molecule has 1 aromatic carbocycles. The lowest BCUT2D eigenvalue weighted by Gasteiger charge is -2.33. The van der Waals surface area contributed by atoms with Crippen LogP contribution in [0.1, 0.15) is 43.1 Å². The second-order valence-corrected chi connectivity index (χ2v) is 9.52. The summed E-state index contributed by atoms with van der Waals surface area (Å²) >= 11 is 0. The van der Waals surface area contributed by atoms with Gasteiger partial charge in [-0.3, -0.25) is 4.79 Å². The van der Waals surface area contributed by atoms with Gasteiger partial charge < -0.3 is 14.6 Å². The van der Waals surface area contributed by atoms with Gasteiger partial charge in [-0.15, -0.1) is 4.40 Å². The van der Waals surface area contributed by atoms with E-state index in [9.17, 15) is 13.2 Å². The van der Waals surface area contributed by atoms with Crippen molar-refractivity contribution in [2.24, 2.45) is 10.3 Å². The highest BCUT2D eigenvalue weighted by Gasteiger charge is 2.36. The number of likely N-dealkylation sites (tertiary alicyclic amines) is 1. The first-order valence-corrected chi connectivity index (χ1v) is 12.0. The van der Waals surface area contributed by atoms with E-state index in [1.165, 1.54) is 0 Å². The van der Waals surface area contributed by atoms with Crippen LogP contribution in [0.25, 0.3) is 4.91 Å². The summed E-state index contributed by atoms with van der Waals surface area (Å²) < 4.78 is 35.2. The fourth-order valence-corrected chi connectivity index (χ4v) is 5.68. The quantitative estimate of drug-likeness (QED) is 0.767. The summed E-state index contributed by atoms with van der Waals surface area (Å²) in [6.45, 7) is 5.49. The van der Waals surface area contributed by atoms with Crippen LogP contribution >= 0.6 is 0 Å². The summed E-state index contributed by atoms with van der Waals surface area (Å²) in [5.41, 5.74) is 2.50. The number of amidine groups is 1. The largest absolute Gasteiger partial charge is 0.467 e. The first-order valence-electron chi connectivity index (χ1n) is 10.6. The minimum absolute atomic E-state index is 0.00336. The van der Waals surface area contributed by atoms with Crippen molar-refractivity contribution in [1.82, 2.24) is 10.2 Å². The zero-order valence-electron chi connectivity index (χ0n) is 17.8. The van der Waals surface area contributed by atoms with Crippen molar-refractivity contribution in [1.29, 1.82) is 0 Å². The van der Waals surface area contributed by atoms with Crippen LogP contribution in [0.5, 0.6) is 0 Å². The van der Waals surface area contributed by atoms with Gasteiger partial charge in [0.1, 0.15) is 16.5 Å². The number of hydrogen-bond donors (Lipinski definition) is 1. The number of aryl methyl sites for hydroxylation is 1. The number of furan rings is 1. The van der Waals surface area contributed by atoms with E-state index in [4.69, 9.17) is 4.42 Å². The molecule has 0 bridgehead atoms. The number of sulfonamides is 1. The minimum atomic E-state index is -3.74. The van der Waals surface area contributed by atoms with Crippen molar-refractivity contribution in [3.05, 3.63) is 65.1 Å². The molecule has 0 radical (unpaired) electrons. The van der Waals surface area contributed by atoms with Crippen LogP contribution in [0.4, 0.5) is 0 Å². The number of amides is 1. The van der Waals surface area contributed by atoms with E-state index in [1.54, 1.807) is 12.3 Å². The van der Waals surface area contributed by atoms with Crippen LogP contribution in [-0.2, 0) is 21.4 Å². The van der Waals surface area contributed by atoms with Crippen molar-refractivity contribution >= 4 is 26.7 Å². The molecule has 1 N–H and O–H groups in total. The molecule has 1 fully saturated rings. The molecule has 8 heteroatoms. The Morgan fingerprint density at radius 2 is 1.90 bits per heavy atom. The standard InChI is InChI=1S/C23H27N3O4S/c1-3-20-21(17-8-6-16(2)7-9-17)31(28,29)25-22(20)26-12-10-18(11-13-26)23(27)24-15-19-5-4-14-30-19/h4-9,14,18H,3,10-13,15H2,1-2H3,(H,24,27). The Hall–Kier alpha value is -2.87. The van der Waals surface area contributed by atoms with Crippen LogP contribution < -0.4 is 5.32 Å². The van der Waals surface area contributed by atoms with Crippen molar-refractivity contribution in [2.75, 3.05) is 13.1 Å². The second-order valence-electron chi connectivity index (χ2n) is 7.98. The second kappa shape index (κ2) is 8.70. The highest BCUT2D eigenvalue weighted by molar-refractivity contribution is 8.00. The molecule has 2 aliphatic rings. The van der Waals surface area contributed by atoms with E-state index in [1.807, 2.05) is 49.1 Å². The maximum absolute atomic E-state index is 12.9. The fraction of sp³-hybridized carbons (Fsp3) is 0.391. The molecule has 0 aliphatic carbocycles. The van der Waals surface area contributed by atoms with Gasteiger partial charge in [-0.1, -0.05) is 36.8 Å². The van der Waals surface area contributed by atoms with Gasteiger partial charge in [0.25, 0.3) is 10.0 Å². The lowest BCUT2D eigenvalue weighted by Crippen LogP contribution is -2.43. The molecule has 0 saturated carbocycles. The van der Waals surface area contributed by atoms with Crippen molar-refractivity contribution in [2.45, 2.75) is 39.7 Å². The summed E-state index contributed by atoms with van der Waals surface area (Å²) in [6.07, 6.45) is 3.46. The Balaban J connectivity index is 1.46. The fourth-order valence-electron chi connectivity index (χ4n) is 4.15. The van der Waals surface area contributed by atoms with Gasteiger partial charge >= 0.3 is 0 Å². The predicted octanol–water partition coefficient (Wildman–Crippen LogP) is 3.48. The Kier molecular flexibility index (Phi) is 6.00. The third kappa shape index (κ3) is 4.44. The molecule has 2 aromatic rings. The van der Waals surface area contributed by atoms with Gasteiger partial charge in [0, 0.05) is 24.6 Å². The van der Waals surface area contributed by atoms with Gasteiger partial charge in [-0.05, 0) is 43.9 Å². The maximum Gasteiger partial charge on any atom is 0.285 e. The molecule has 3 heterocycles. The average Bonchev–Trinajstić information content (AvgIpc) is 3.38. The van der Waals surface area contributed by atoms with E-state index in [-0.39, 0.29) is 11.8 Å². The molecular formula is C23H27N3O4S. The zero-order chi connectivity index (χ0) is 22.0. The Morgan fingerprint density at radius 3 is 2.52 bits per heavy atom. The van der Waals surface area contributed by atoms with E-state index < -0.39 is 10.0 Å². The molecule has 31 heavy (non-hydrogen) atoms. The van der Waals surface area contributed by atoms with E-state index in [2.05, 4.69) is 9.71 Å². The monoisotopic (exact) mass is 441 g/mol. The number of nitrogens with one attached hydrogen (secondary N) is 1. The Bertz CT molecular complexity index is 1110. The van der Waals surface area contributed by atoms with Gasteiger partial charge in [-0.25, -0.2) is 0 Å². The average molecular weight is 442 g/mol. The van der Waals surface area contributed by atoms with Gasteiger partial charge in [0.15, 0.2) is 0 Å². The van der Waals surface area contributed by atoms with E-state index in [0.717, 1.165) is 16.9 Å². The van der Waals surface area contributed by atoms with Gasteiger partial charge in [-0.2, -0.15) is 8.42 Å². The van der Waals surface area contributed by atoms with Crippen molar-refractivity contribution in [3.8, 4) is 0 Å². The molecule has 4 rings (SSSR count). The Labute approximate surface area is 182 Å². The lowest BCUT2D eigenvalue weighted by molar-refractivity contribution is -0.126. The molecule has 164 valence electrons. The number of carbonyl (C=O) groups excluding carboxylic acids is 1. The van der Waals surface area contributed by atoms with Crippen molar-refractivity contribution in [3.63, 3.8) is 0 Å². The van der Waals surface area contributed by atoms with Crippen LogP contribution in [-0.4, -0.2) is 38.2 Å². The summed E-state index contributed by atoms with van der Waals surface area (Å²) in [6, 6.07) is 11.1. The smallest absolute Gasteiger partial charge is 0.285 e. The molecule has 7 nitrogen and oxygen atoms in total. The molecule has 1 saturated heterocycles. The van der Waals surface area contributed by atoms with Crippen LogP contribution in [0.15, 0.2) is 57.0 Å². The number of rotatable bonds is 5. The molecule has 0 atom stereocenters. The van der Waals surface area contributed by atoms with Crippen molar-refractivity contribution < 1.29 is 17.6 Å². The van der Waals surface area contributed by atoms with Crippen LogP contribution in [0.3, 0.4) is 0 Å². The molecule has 0 spiro atoms. The minimum Gasteiger partial charge on any atom is -0.467 e. The Morgan fingerprint density at radius 1 is 1.19 bits per heavy atom. The van der Waals surface area contributed by atoms with Crippen LogP contribution in [0.2, 0.25) is 0 Å². The van der Waals surface area contributed by atoms with Gasteiger partial charge in [0.2, 0.25) is 5.91 Å². The van der Waals surface area contributed by atoms with Gasteiger partial charge in [0.05, 0.1) is 12.8 Å². The number of piperidine rings is 1. The number of nitrogens with zero attached hydrogens (tertiary/aromatic N) is 2. The number of carbonyl (C=O) groups is 1. The zero-order valence-corrected chi connectivity index (χ0v) is 18.6. The SMILES string of the molecule is CCC1=C(c2ccc(C)cc2)S(=O)(=O)N=C1N1CCC(C(=O)NCc2ccco2)CC1. The van der Waals surface area contributed by atoms with E-state index in [0.29, 0.717) is 55.2 Å². The summed E-state index contributed by atoms with van der Waals surface area (Å²) in [5.74, 6) is 1.16. The normalized spacial score (nSPS) is 18.9. The first-order chi connectivity index (χ1) is 14.9. The van der Waals surface area contributed by atoms with Crippen LogP contribution in [0, 0.1) is 12.8 Å². The molecule has 0 unspecified atom stereocenters. The summed E-state index contributed by atoms with van der Waals surface area (Å²) in [7, 11) is -3.74. The lowest BCUT2D eigenvalue weighted by atomic mass is 9.94. The number of benzene rings is 1. The summed E-state index contributed by atoms with van der Waals surface area (Å²) in [4.78, 5) is 14.8. The molecule has 1 amide bonds. The molecule has 1 aromatic heterocycles.